The SMILES string of the molecule is COc1ccc(OCc2nc3ccc(-c4ccncn4)cc3n2Cc2ccccc2Cl)cn1. The molecule has 7 nitrogen and oxygen atoms in total. The maximum Gasteiger partial charge on any atom is 0.213 e. The van der Waals surface area contributed by atoms with E-state index in [1.165, 1.54) is 0 Å². The van der Waals surface area contributed by atoms with Gasteiger partial charge in [0.25, 0.3) is 0 Å². The van der Waals surface area contributed by atoms with Crippen molar-refractivity contribution < 1.29 is 9.47 Å². The highest BCUT2D eigenvalue weighted by Crippen LogP contribution is 2.27. The summed E-state index contributed by atoms with van der Waals surface area (Å²) in [6.07, 6.45) is 4.91. The summed E-state index contributed by atoms with van der Waals surface area (Å²) in [6.45, 7) is 0.832. The molecule has 8 heteroatoms. The molecule has 2 aromatic carbocycles. The molecule has 0 saturated heterocycles. The summed E-state index contributed by atoms with van der Waals surface area (Å²) in [5.41, 5.74) is 4.67. The van der Waals surface area contributed by atoms with Gasteiger partial charge in [0.15, 0.2) is 0 Å². The minimum atomic E-state index is 0.274. The number of rotatable bonds is 7. The number of aromatic nitrogens is 5. The largest absolute Gasteiger partial charge is 0.484 e. The third-order valence-corrected chi connectivity index (χ3v) is 5.65. The van der Waals surface area contributed by atoms with Gasteiger partial charge in [0.2, 0.25) is 5.88 Å². The van der Waals surface area contributed by atoms with Crippen molar-refractivity contribution in [2.45, 2.75) is 13.2 Å². The molecule has 0 fully saturated rings. The van der Waals surface area contributed by atoms with E-state index in [0.29, 0.717) is 23.2 Å². The van der Waals surface area contributed by atoms with Gasteiger partial charge in [-0.1, -0.05) is 35.9 Å². The highest BCUT2D eigenvalue weighted by molar-refractivity contribution is 6.31. The van der Waals surface area contributed by atoms with Crippen LogP contribution in [0.25, 0.3) is 22.3 Å². The van der Waals surface area contributed by atoms with Crippen molar-refractivity contribution in [1.29, 1.82) is 0 Å². The van der Waals surface area contributed by atoms with Crippen molar-refractivity contribution in [2.24, 2.45) is 0 Å². The molecule has 5 aromatic rings. The predicted octanol–water partition coefficient (Wildman–Crippen LogP) is 5.18. The van der Waals surface area contributed by atoms with Crippen molar-refractivity contribution in [3.05, 3.63) is 95.8 Å². The molecule has 0 bridgehead atoms. The normalized spacial score (nSPS) is 11.0. The van der Waals surface area contributed by atoms with E-state index in [9.17, 15) is 0 Å². The molecule has 0 N–H and O–H groups in total. The lowest BCUT2D eigenvalue weighted by molar-refractivity contribution is 0.289. The molecule has 0 amide bonds. The van der Waals surface area contributed by atoms with Crippen LogP contribution in [0.2, 0.25) is 5.02 Å². The first-order valence-electron chi connectivity index (χ1n) is 10.3. The molecule has 0 spiro atoms. The number of hydrogen-bond acceptors (Lipinski definition) is 6. The van der Waals surface area contributed by atoms with Crippen LogP contribution in [0.5, 0.6) is 11.6 Å². The standard InChI is InChI=1S/C25H20ClN5O2/c1-32-25-9-7-19(13-28-25)33-15-24-30-22-8-6-17(21-10-11-27-16-29-21)12-23(22)31(24)14-18-4-2-3-5-20(18)26/h2-13,16H,14-15H2,1H3. The summed E-state index contributed by atoms with van der Waals surface area (Å²) >= 11 is 6.47. The molecule has 164 valence electrons. The van der Waals surface area contributed by atoms with Crippen LogP contribution in [-0.4, -0.2) is 31.6 Å². The summed E-state index contributed by atoms with van der Waals surface area (Å²) in [6, 6.07) is 19.4. The molecule has 0 aliphatic heterocycles. The molecule has 3 aromatic heterocycles. The van der Waals surface area contributed by atoms with Gasteiger partial charge in [0.1, 0.15) is 24.5 Å². The Bertz CT molecular complexity index is 1390. The zero-order valence-corrected chi connectivity index (χ0v) is 18.6. The van der Waals surface area contributed by atoms with Gasteiger partial charge in [-0.2, -0.15) is 0 Å². The van der Waals surface area contributed by atoms with Crippen molar-refractivity contribution >= 4 is 22.6 Å². The number of pyridine rings is 1. The second-order valence-electron chi connectivity index (χ2n) is 7.33. The molecule has 0 aliphatic rings. The molecule has 0 unspecified atom stereocenters. The van der Waals surface area contributed by atoms with E-state index in [2.05, 4.69) is 25.6 Å². The number of nitrogens with zero attached hydrogens (tertiary/aromatic N) is 5. The Balaban J connectivity index is 1.54. The van der Waals surface area contributed by atoms with Crippen LogP contribution >= 0.6 is 11.6 Å². The summed E-state index contributed by atoms with van der Waals surface area (Å²) in [7, 11) is 1.58. The van der Waals surface area contributed by atoms with Crippen molar-refractivity contribution in [2.75, 3.05) is 7.11 Å². The Morgan fingerprint density at radius 3 is 2.67 bits per heavy atom. The summed E-state index contributed by atoms with van der Waals surface area (Å²) < 4.78 is 13.2. The van der Waals surface area contributed by atoms with Gasteiger partial charge in [-0.25, -0.2) is 19.9 Å². The number of methoxy groups -OCH3 is 1. The number of hydrogen-bond donors (Lipinski definition) is 0. The number of imidazole rings is 1. The fourth-order valence-electron chi connectivity index (χ4n) is 3.60. The molecular formula is C25H20ClN5O2. The number of halogens is 1. The zero-order chi connectivity index (χ0) is 22.6. The van der Waals surface area contributed by atoms with Crippen LogP contribution in [0.15, 0.2) is 79.4 Å². The summed E-state index contributed by atoms with van der Waals surface area (Å²) in [5.74, 6) is 1.94. The summed E-state index contributed by atoms with van der Waals surface area (Å²) in [5, 5.41) is 0.706. The van der Waals surface area contributed by atoms with Gasteiger partial charge >= 0.3 is 0 Å². The first-order chi connectivity index (χ1) is 16.2. The van der Waals surface area contributed by atoms with Gasteiger partial charge in [0.05, 0.1) is 36.6 Å². The van der Waals surface area contributed by atoms with E-state index < -0.39 is 0 Å². The Morgan fingerprint density at radius 2 is 1.91 bits per heavy atom. The molecule has 0 radical (unpaired) electrons. The second kappa shape index (κ2) is 9.26. The Labute approximate surface area is 195 Å². The second-order valence-corrected chi connectivity index (χ2v) is 7.74. The molecule has 33 heavy (non-hydrogen) atoms. The van der Waals surface area contributed by atoms with Gasteiger partial charge in [-0.15, -0.1) is 0 Å². The van der Waals surface area contributed by atoms with Crippen LogP contribution in [-0.2, 0) is 13.2 Å². The van der Waals surface area contributed by atoms with Gasteiger partial charge < -0.3 is 14.0 Å². The third-order valence-electron chi connectivity index (χ3n) is 5.28. The molecule has 5 rings (SSSR count). The van der Waals surface area contributed by atoms with E-state index >= 15 is 0 Å². The average molecular weight is 458 g/mol. The van der Waals surface area contributed by atoms with Gasteiger partial charge in [-0.3, -0.25) is 0 Å². The smallest absolute Gasteiger partial charge is 0.213 e. The quantitative estimate of drug-likeness (QED) is 0.335. The molecule has 0 saturated carbocycles. The molecule has 0 aliphatic carbocycles. The Hall–Kier alpha value is -3.97. The number of ether oxygens (including phenoxy) is 2. The third kappa shape index (κ3) is 4.49. The van der Waals surface area contributed by atoms with Crippen molar-refractivity contribution in [3.8, 4) is 22.9 Å². The van der Waals surface area contributed by atoms with E-state index in [1.807, 2.05) is 48.5 Å². The van der Waals surface area contributed by atoms with E-state index in [1.54, 1.807) is 31.9 Å². The fraction of sp³-hybridized carbons (Fsp3) is 0.120. The highest BCUT2D eigenvalue weighted by Gasteiger charge is 2.15. The maximum atomic E-state index is 6.47. The molecule has 3 heterocycles. The maximum absolute atomic E-state index is 6.47. The van der Waals surface area contributed by atoms with Crippen LogP contribution in [0, 0.1) is 0 Å². The minimum Gasteiger partial charge on any atom is -0.484 e. The van der Waals surface area contributed by atoms with Gasteiger partial charge in [0, 0.05) is 22.8 Å². The Morgan fingerprint density at radius 1 is 1.00 bits per heavy atom. The van der Waals surface area contributed by atoms with Crippen LogP contribution < -0.4 is 9.47 Å². The number of benzene rings is 2. The topological polar surface area (TPSA) is 75.0 Å². The van der Waals surface area contributed by atoms with Crippen LogP contribution in [0.4, 0.5) is 0 Å². The van der Waals surface area contributed by atoms with E-state index in [0.717, 1.165) is 33.7 Å². The lowest BCUT2D eigenvalue weighted by Crippen LogP contribution is -2.09. The average Bonchev–Trinajstić information content (AvgIpc) is 3.21. The van der Waals surface area contributed by atoms with E-state index in [4.69, 9.17) is 26.1 Å². The zero-order valence-electron chi connectivity index (χ0n) is 17.9. The lowest BCUT2D eigenvalue weighted by atomic mass is 10.1. The predicted molar refractivity (Wildman–Crippen MR) is 126 cm³/mol. The molecular weight excluding hydrogens is 438 g/mol. The first kappa shape index (κ1) is 20.9. The molecule has 0 atom stereocenters. The Kier molecular flexibility index (Phi) is 5.87. The fourth-order valence-corrected chi connectivity index (χ4v) is 3.79. The lowest BCUT2D eigenvalue weighted by Gasteiger charge is -2.12. The van der Waals surface area contributed by atoms with Crippen LogP contribution in [0.1, 0.15) is 11.4 Å². The monoisotopic (exact) mass is 457 g/mol. The van der Waals surface area contributed by atoms with E-state index in [-0.39, 0.29) is 6.61 Å². The highest BCUT2D eigenvalue weighted by atomic mass is 35.5. The van der Waals surface area contributed by atoms with Gasteiger partial charge in [-0.05, 0) is 35.9 Å². The van der Waals surface area contributed by atoms with Crippen molar-refractivity contribution in [3.63, 3.8) is 0 Å². The van der Waals surface area contributed by atoms with Crippen molar-refractivity contribution in [1.82, 2.24) is 24.5 Å². The van der Waals surface area contributed by atoms with Crippen LogP contribution in [0.3, 0.4) is 0 Å². The first-order valence-corrected chi connectivity index (χ1v) is 10.7. The number of fused-ring (bicyclic) bond motifs is 1. The summed E-state index contributed by atoms with van der Waals surface area (Å²) in [4.78, 5) is 17.4. The minimum absolute atomic E-state index is 0.274.